The first kappa shape index (κ1) is 12.7. The molecule has 0 aliphatic carbocycles. The molecule has 1 unspecified atom stereocenters. The van der Waals surface area contributed by atoms with Gasteiger partial charge in [0.15, 0.2) is 0 Å². The van der Waals surface area contributed by atoms with Crippen molar-refractivity contribution < 1.29 is 19.4 Å². The maximum absolute atomic E-state index is 13.5. The van der Waals surface area contributed by atoms with E-state index in [1.54, 1.807) is 0 Å². The van der Waals surface area contributed by atoms with E-state index in [1.807, 2.05) is 0 Å². The average Bonchev–Trinajstić information content (AvgIpc) is 2.23. The lowest BCUT2D eigenvalue weighted by Crippen LogP contribution is -2.14. The lowest BCUT2D eigenvalue weighted by Gasteiger charge is -2.12. The normalized spacial score (nSPS) is 12.4. The summed E-state index contributed by atoms with van der Waals surface area (Å²) < 4.78 is 13.5. The van der Waals surface area contributed by atoms with Crippen molar-refractivity contribution in [1.29, 1.82) is 0 Å². The van der Waals surface area contributed by atoms with Crippen LogP contribution in [0.4, 0.5) is 4.39 Å². The van der Waals surface area contributed by atoms with Crippen molar-refractivity contribution in [3.8, 4) is 5.75 Å². The number of rotatable bonds is 4. The zero-order valence-electron chi connectivity index (χ0n) is 8.28. The Morgan fingerprint density at radius 3 is 2.75 bits per heavy atom. The van der Waals surface area contributed by atoms with Gasteiger partial charge in [0.1, 0.15) is 16.6 Å². The molecule has 16 heavy (non-hydrogen) atoms. The van der Waals surface area contributed by atoms with Gasteiger partial charge in [-0.25, -0.2) is 4.39 Å². The molecule has 0 saturated heterocycles. The third-order valence-corrected chi connectivity index (χ3v) is 2.52. The molecule has 4 nitrogen and oxygen atoms in total. The van der Waals surface area contributed by atoms with E-state index in [-0.39, 0.29) is 24.2 Å². The number of aromatic hydroxyl groups is 1. The summed E-state index contributed by atoms with van der Waals surface area (Å²) in [6, 6.07) is 1.76. The van der Waals surface area contributed by atoms with Crippen LogP contribution >= 0.6 is 11.6 Å². The quantitative estimate of drug-likeness (QED) is 0.760. The van der Waals surface area contributed by atoms with Gasteiger partial charge in [-0.05, 0) is 12.5 Å². The average molecular weight is 248 g/mol. The highest BCUT2D eigenvalue weighted by Crippen LogP contribution is 2.31. The highest BCUT2D eigenvalue weighted by Gasteiger charge is 2.17. The number of aliphatic carboxylic acids is 1. The molecule has 0 bridgehead atoms. The zero-order valence-corrected chi connectivity index (χ0v) is 9.04. The third kappa shape index (κ3) is 2.84. The largest absolute Gasteiger partial charge is 0.506 e. The van der Waals surface area contributed by atoms with Crippen LogP contribution in [-0.2, 0) is 4.79 Å². The zero-order chi connectivity index (χ0) is 12.3. The molecule has 88 valence electrons. The fourth-order valence-corrected chi connectivity index (χ4v) is 1.45. The van der Waals surface area contributed by atoms with Crippen molar-refractivity contribution in [1.82, 2.24) is 0 Å². The van der Waals surface area contributed by atoms with Crippen LogP contribution < -0.4 is 5.73 Å². The Balaban J connectivity index is 2.87. The predicted molar refractivity (Wildman–Crippen MR) is 56.9 cm³/mol. The first-order valence-electron chi connectivity index (χ1n) is 4.57. The van der Waals surface area contributed by atoms with Gasteiger partial charge < -0.3 is 15.9 Å². The summed E-state index contributed by atoms with van der Waals surface area (Å²) >= 11 is 5.49. The highest BCUT2D eigenvalue weighted by molar-refractivity contribution is 6.32. The van der Waals surface area contributed by atoms with Gasteiger partial charge >= 0.3 is 5.97 Å². The molecule has 0 saturated carbocycles. The van der Waals surface area contributed by atoms with Crippen LogP contribution in [-0.4, -0.2) is 16.2 Å². The molecular weight excluding hydrogens is 237 g/mol. The Hall–Kier alpha value is -1.33. The number of nitrogens with two attached hydrogens (primary N) is 1. The molecular formula is C10H11ClFNO3. The second-order valence-electron chi connectivity index (χ2n) is 3.34. The summed E-state index contributed by atoms with van der Waals surface area (Å²) in [6.07, 6.45) is -0.0491. The monoisotopic (exact) mass is 247 g/mol. The number of carboxylic acids is 1. The van der Waals surface area contributed by atoms with E-state index in [4.69, 9.17) is 27.5 Å². The maximum Gasteiger partial charge on any atom is 0.303 e. The van der Waals surface area contributed by atoms with Crippen LogP contribution in [0.2, 0.25) is 5.02 Å². The van der Waals surface area contributed by atoms with Crippen LogP contribution in [0.5, 0.6) is 5.75 Å². The molecule has 0 spiro atoms. The smallest absolute Gasteiger partial charge is 0.303 e. The molecule has 1 aromatic carbocycles. The number of phenols is 1. The Morgan fingerprint density at radius 2 is 2.19 bits per heavy atom. The molecule has 0 amide bonds. The van der Waals surface area contributed by atoms with E-state index in [9.17, 15) is 9.18 Å². The molecule has 0 aliphatic rings. The number of hydrogen-bond acceptors (Lipinski definition) is 3. The van der Waals surface area contributed by atoms with Crippen molar-refractivity contribution >= 4 is 17.6 Å². The summed E-state index contributed by atoms with van der Waals surface area (Å²) in [5.74, 6) is -2.17. The van der Waals surface area contributed by atoms with Gasteiger partial charge in [-0.3, -0.25) is 4.79 Å². The second kappa shape index (κ2) is 5.14. The SMILES string of the molecule is NC(CCC(=O)O)c1ccc(O)c(Cl)c1F. The summed E-state index contributed by atoms with van der Waals surface area (Å²) in [5, 5.41) is 17.2. The molecule has 6 heteroatoms. The molecule has 1 rings (SSSR count). The minimum atomic E-state index is -0.999. The topological polar surface area (TPSA) is 83.6 Å². The van der Waals surface area contributed by atoms with Crippen molar-refractivity contribution in [2.75, 3.05) is 0 Å². The molecule has 1 atom stereocenters. The Bertz CT molecular complexity index is 411. The molecule has 0 heterocycles. The van der Waals surface area contributed by atoms with Gasteiger partial charge in [-0.2, -0.15) is 0 Å². The van der Waals surface area contributed by atoms with Crippen LogP contribution in [0.3, 0.4) is 0 Å². The molecule has 0 aromatic heterocycles. The lowest BCUT2D eigenvalue weighted by atomic mass is 10.0. The highest BCUT2D eigenvalue weighted by atomic mass is 35.5. The number of benzene rings is 1. The molecule has 1 aromatic rings. The number of carbonyl (C=O) groups is 1. The first-order chi connectivity index (χ1) is 7.43. The number of hydrogen-bond donors (Lipinski definition) is 3. The van der Waals surface area contributed by atoms with E-state index in [2.05, 4.69) is 0 Å². The summed E-state index contributed by atoms with van der Waals surface area (Å²) in [6.45, 7) is 0. The minimum Gasteiger partial charge on any atom is -0.506 e. The van der Waals surface area contributed by atoms with Crippen LogP contribution in [0, 0.1) is 5.82 Å². The standard InChI is InChI=1S/C10H11ClFNO3/c11-9-7(14)3-1-5(10(9)12)6(13)2-4-8(15)16/h1,3,6,14H,2,4,13H2,(H,15,16). The Labute approximate surface area is 96.4 Å². The van der Waals surface area contributed by atoms with Crippen LogP contribution in [0.1, 0.15) is 24.4 Å². The lowest BCUT2D eigenvalue weighted by molar-refractivity contribution is -0.137. The fraction of sp³-hybridized carbons (Fsp3) is 0.300. The fourth-order valence-electron chi connectivity index (χ4n) is 1.28. The maximum atomic E-state index is 13.5. The van der Waals surface area contributed by atoms with E-state index >= 15 is 0 Å². The number of phenolic OH excluding ortho intramolecular Hbond substituents is 1. The van der Waals surface area contributed by atoms with Gasteiger partial charge in [0.2, 0.25) is 0 Å². The van der Waals surface area contributed by atoms with E-state index in [0.717, 1.165) is 0 Å². The molecule has 0 radical (unpaired) electrons. The minimum absolute atomic E-state index is 0.101. The molecule has 4 N–H and O–H groups in total. The Morgan fingerprint density at radius 1 is 1.56 bits per heavy atom. The summed E-state index contributed by atoms with van der Waals surface area (Å²) in [4.78, 5) is 10.3. The van der Waals surface area contributed by atoms with Gasteiger partial charge in [0, 0.05) is 18.0 Å². The number of halogens is 2. The van der Waals surface area contributed by atoms with Gasteiger partial charge in [0.25, 0.3) is 0 Å². The Kier molecular flexibility index (Phi) is 4.09. The van der Waals surface area contributed by atoms with E-state index < -0.39 is 22.9 Å². The van der Waals surface area contributed by atoms with Crippen molar-refractivity contribution in [3.05, 3.63) is 28.5 Å². The van der Waals surface area contributed by atoms with Crippen molar-refractivity contribution in [2.24, 2.45) is 5.73 Å². The van der Waals surface area contributed by atoms with Crippen LogP contribution in [0.25, 0.3) is 0 Å². The van der Waals surface area contributed by atoms with Gasteiger partial charge in [0.05, 0.1) is 0 Å². The summed E-state index contributed by atoms with van der Waals surface area (Å²) in [5.41, 5.74) is 5.72. The molecule has 0 aliphatic heterocycles. The second-order valence-corrected chi connectivity index (χ2v) is 3.72. The number of carboxylic acid groups (broad SMARTS) is 1. The third-order valence-electron chi connectivity index (χ3n) is 2.16. The van der Waals surface area contributed by atoms with Crippen molar-refractivity contribution in [2.45, 2.75) is 18.9 Å². The van der Waals surface area contributed by atoms with E-state index in [0.29, 0.717) is 0 Å². The van der Waals surface area contributed by atoms with Crippen LogP contribution in [0.15, 0.2) is 12.1 Å². The molecule has 0 fully saturated rings. The van der Waals surface area contributed by atoms with E-state index in [1.165, 1.54) is 12.1 Å². The van der Waals surface area contributed by atoms with Gasteiger partial charge in [-0.1, -0.05) is 17.7 Å². The first-order valence-corrected chi connectivity index (χ1v) is 4.95. The van der Waals surface area contributed by atoms with Crippen molar-refractivity contribution in [3.63, 3.8) is 0 Å². The predicted octanol–water partition coefficient (Wildman–Crippen LogP) is 2.05. The summed E-state index contributed by atoms with van der Waals surface area (Å²) in [7, 11) is 0. The van der Waals surface area contributed by atoms with Gasteiger partial charge in [-0.15, -0.1) is 0 Å².